The third kappa shape index (κ3) is 5.16. The standard InChI is InChI=1S/C20H27N3O2/c1-15-10-16(2)23(22-15)13-18-7-5-6-17(11-18)12-21-20(24)14-25-19-8-3-4-9-19/h5-7,10-11,19H,3-4,8-9,12-14H2,1-2H3,(H,21,24). The Morgan fingerprint density at radius 1 is 1.24 bits per heavy atom. The van der Waals surface area contributed by atoms with Gasteiger partial charge in [0.15, 0.2) is 0 Å². The molecule has 3 rings (SSSR count). The second-order valence-corrected chi connectivity index (χ2v) is 6.90. The quantitative estimate of drug-likeness (QED) is 0.842. The Bertz CT molecular complexity index is 717. The van der Waals surface area contributed by atoms with Crippen molar-refractivity contribution in [3.63, 3.8) is 0 Å². The molecule has 134 valence electrons. The lowest BCUT2D eigenvalue weighted by Gasteiger charge is -2.11. The summed E-state index contributed by atoms with van der Waals surface area (Å²) >= 11 is 0. The highest BCUT2D eigenvalue weighted by atomic mass is 16.5. The first-order valence-corrected chi connectivity index (χ1v) is 9.07. The second kappa shape index (κ2) is 8.30. The van der Waals surface area contributed by atoms with E-state index in [-0.39, 0.29) is 18.6 Å². The van der Waals surface area contributed by atoms with Crippen LogP contribution in [0.15, 0.2) is 30.3 Å². The summed E-state index contributed by atoms with van der Waals surface area (Å²) in [6.07, 6.45) is 4.88. The number of aryl methyl sites for hydroxylation is 2. The first-order chi connectivity index (χ1) is 12.1. The third-order valence-corrected chi connectivity index (χ3v) is 4.67. The van der Waals surface area contributed by atoms with E-state index in [1.54, 1.807) is 0 Å². The molecule has 0 unspecified atom stereocenters. The van der Waals surface area contributed by atoms with Crippen molar-refractivity contribution in [1.29, 1.82) is 0 Å². The highest BCUT2D eigenvalue weighted by molar-refractivity contribution is 5.77. The van der Waals surface area contributed by atoms with Gasteiger partial charge in [0.05, 0.1) is 18.3 Å². The van der Waals surface area contributed by atoms with Gasteiger partial charge in [0.2, 0.25) is 5.91 Å². The van der Waals surface area contributed by atoms with Gasteiger partial charge in [-0.15, -0.1) is 0 Å². The van der Waals surface area contributed by atoms with Crippen molar-refractivity contribution < 1.29 is 9.53 Å². The summed E-state index contributed by atoms with van der Waals surface area (Å²) in [4.78, 5) is 11.9. The number of aromatic nitrogens is 2. The average molecular weight is 341 g/mol. The van der Waals surface area contributed by atoms with Gasteiger partial charge in [0, 0.05) is 12.2 Å². The van der Waals surface area contributed by atoms with E-state index >= 15 is 0 Å². The summed E-state index contributed by atoms with van der Waals surface area (Å²) in [6, 6.07) is 10.3. The molecule has 1 aromatic carbocycles. The predicted octanol–water partition coefficient (Wildman–Crippen LogP) is 3.12. The molecule has 0 atom stereocenters. The first-order valence-electron chi connectivity index (χ1n) is 9.07. The van der Waals surface area contributed by atoms with Crippen molar-refractivity contribution in [3.8, 4) is 0 Å². The van der Waals surface area contributed by atoms with Crippen molar-refractivity contribution in [2.24, 2.45) is 0 Å². The average Bonchev–Trinajstić information content (AvgIpc) is 3.21. The Kier molecular flexibility index (Phi) is 5.87. The number of amides is 1. The van der Waals surface area contributed by atoms with Gasteiger partial charge < -0.3 is 10.1 Å². The molecule has 1 saturated carbocycles. The Labute approximate surface area is 149 Å². The van der Waals surface area contributed by atoms with E-state index in [4.69, 9.17) is 4.74 Å². The molecule has 1 aliphatic rings. The van der Waals surface area contributed by atoms with Crippen molar-refractivity contribution in [3.05, 3.63) is 52.8 Å². The molecule has 2 aromatic rings. The minimum absolute atomic E-state index is 0.0455. The van der Waals surface area contributed by atoms with Crippen molar-refractivity contribution >= 4 is 5.91 Å². The first kappa shape index (κ1) is 17.7. The number of nitrogens with one attached hydrogen (secondary N) is 1. The van der Waals surface area contributed by atoms with Crippen molar-refractivity contribution in [2.45, 2.75) is 58.7 Å². The topological polar surface area (TPSA) is 56.2 Å². The minimum atomic E-state index is -0.0455. The molecule has 1 fully saturated rings. The zero-order valence-electron chi connectivity index (χ0n) is 15.1. The SMILES string of the molecule is Cc1cc(C)n(Cc2cccc(CNC(=O)COC3CCCC3)c2)n1. The molecule has 1 N–H and O–H groups in total. The molecule has 0 aliphatic heterocycles. The molecule has 0 saturated heterocycles. The molecular weight excluding hydrogens is 314 g/mol. The van der Waals surface area contributed by atoms with Crippen LogP contribution in [0.5, 0.6) is 0 Å². The Hall–Kier alpha value is -2.14. The maximum atomic E-state index is 11.9. The normalized spacial score (nSPS) is 14.8. The largest absolute Gasteiger partial charge is 0.368 e. The molecule has 1 aromatic heterocycles. The maximum absolute atomic E-state index is 11.9. The van der Waals surface area contributed by atoms with Crippen LogP contribution in [0.25, 0.3) is 0 Å². The highest BCUT2D eigenvalue weighted by Crippen LogP contribution is 2.20. The van der Waals surface area contributed by atoms with Crippen LogP contribution in [0.4, 0.5) is 0 Å². The molecule has 5 heteroatoms. The molecular formula is C20H27N3O2. The van der Waals surface area contributed by atoms with E-state index in [0.29, 0.717) is 6.54 Å². The fourth-order valence-electron chi connectivity index (χ4n) is 3.35. The van der Waals surface area contributed by atoms with Crippen LogP contribution in [-0.2, 0) is 22.6 Å². The zero-order valence-corrected chi connectivity index (χ0v) is 15.1. The van der Waals surface area contributed by atoms with E-state index in [9.17, 15) is 4.79 Å². The van der Waals surface area contributed by atoms with E-state index in [1.807, 2.05) is 23.7 Å². The van der Waals surface area contributed by atoms with Crippen molar-refractivity contribution in [2.75, 3.05) is 6.61 Å². The van der Waals surface area contributed by atoms with Gasteiger partial charge >= 0.3 is 0 Å². The number of rotatable bonds is 7. The Morgan fingerprint density at radius 2 is 2.00 bits per heavy atom. The van der Waals surface area contributed by atoms with Gasteiger partial charge in [-0.05, 0) is 43.9 Å². The Balaban J connectivity index is 1.49. The van der Waals surface area contributed by atoms with Crippen LogP contribution in [0, 0.1) is 13.8 Å². The molecule has 5 nitrogen and oxygen atoms in total. The van der Waals surface area contributed by atoms with Gasteiger partial charge in [0.25, 0.3) is 0 Å². The summed E-state index contributed by atoms with van der Waals surface area (Å²) in [5.74, 6) is -0.0455. The van der Waals surface area contributed by atoms with E-state index < -0.39 is 0 Å². The van der Waals surface area contributed by atoms with Gasteiger partial charge in [-0.1, -0.05) is 37.1 Å². The smallest absolute Gasteiger partial charge is 0.246 e. The Morgan fingerprint density at radius 3 is 2.72 bits per heavy atom. The number of hydrogen-bond donors (Lipinski definition) is 1. The summed E-state index contributed by atoms with van der Waals surface area (Å²) < 4.78 is 7.65. The second-order valence-electron chi connectivity index (χ2n) is 6.90. The van der Waals surface area contributed by atoms with Gasteiger partial charge in [-0.25, -0.2) is 0 Å². The fraction of sp³-hybridized carbons (Fsp3) is 0.500. The molecule has 0 radical (unpaired) electrons. The molecule has 1 aliphatic carbocycles. The highest BCUT2D eigenvalue weighted by Gasteiger charge is 2.16. The summed E-state index contributed by atoms with van der Waals surface area (Å²) in [7, 11) is 0. The lowest BCUT2D eigenvalue weighted by molar-refractivity contribution is -0.127. The number of benzene rings is 1. The van der Waals surface area contributed by atoms with Crippen LogP contribution in [0.1, 0.15) is 48.2 Å². The number of ether oxygens (including phenoxy) is 1. The molecule has 25 heavy (non-hydrogen) atoms. The summed E-state index contributed by atoms with van der Waals surface area (Å²) in [5.41, 5.74) is 4.46. The monoisotopic (exact) mass is 341 g/mol. The van der Waals surface area contributed by atoms with Crippen LogP contribution >= 0.6 is 0 Å². The lowest BCUT2D eigenvalue weighted by Crippen LogP contribution is -2.28. The van der Waals surface area contributed by atoms with Gasteiger partial charge in [0.1, 0.15) is 6.61 Å². The summed E-state index contributed by atoms with van der Waals surface area (Å²) in [6.45, 7) is 5.50. The minimum Gasteiger partial charge on any atom is -0.368 e. The van der Waals surface area contributed by atoms with Crippen LogP contribution in [0.2, 0.25) is 0 Å². The van der Waals surface area contributed by atoms with E-state index in [1.165, 1.54) is 18.4 Å². The zero-order chi connectivity index (χ0) is 17.6. The van der Waals surface area contributed by atoms with Crippen LogP contribution in [0.3, 0.4) is 0 Å². The number of carbonyl (C=O) groups excluding carboxylic acids is 1. The number of hydrogen-bond acceptors (Lipinski definition) is 3. The van der Waals surface area contributed by atoms with Crippen LogP contribution < -0.4 is 5.32 Å². The van der Waals surface area contributed by atoms with E-state index in [0.717, 1.165) is 36.3 Å². The summed E-state index contributed by atoms with van der Waals surface area (Å²) in [5, 5.41) is 7.44. The third-order valence-electron chi connectivity index (χ3n) is 4.67. The van der Waals surface area contributed by atoms with Crippen LogP contribution in [-0.4, -0.2) is 28.4 Å². The van der Waals surface area contributed by atoms with Gasteiger partial charge in [-0.2, -0.15) is 5.10 Å². The molecule has 0 bridgehead atoms. The number of nitrogens with zero attached hydrogens (tertiary/aromatic N) is 2. The molecule has 0 spiro atoms. The predicted molar refractivity (Wildman–Crippen MR) is 97.3 cm³/mol. The van der Waals surface area contributed by atoms with Crippen molar-refractivity contribution in [1.82, 2.24) is 15.1 Å². The van der Waals surface area contributed by atoms with E-state index in [2.05, 4.69) is 35.5 Å². The molecule has 1 amide bonds. The maximum Gasteiger partial charge on any atom is 0.246 e. The van der Waals surface area contributed by atoms with Gasteiger partial charge in [-0.3, -0.25) is 9.48 Å². The molecule has 1 heterocycles. The lowest BCUT2D eigenvalue weighted by atomic mass is 10.1. The fourth-order valence-corrected chi connectivity index (χ4v) is 3.35. The number of carbonyl (C=O) groups is 1.